The number of hydrogen-bond donors (Lipinski definition) is 2. The molecule has 0 aromatic rings. The van der Waals surface area contributed by atoms with E-state index in [0.29, 0.717) is 19.5 Å². The Hall–Kier alpha value is -1.14. The van der Waals surface area contributed by atoms with E-state index in [1.165, 1.54) is 0 Å². The number of nitrogens with one attached hydrogen (secondary N) is 1. The van der Waals surface area contributed by atoms with Crippen LogP contribution in [-0.2, 0) is 14.4 Å². The number of carboxylic acid groups (broad SMARTS) is 1. The fourth-order valence-corrected chi connectivity index (χ4v) is 3.44. The Morgan fingerprint density at radius 2 is 1.38 bits per heavy atom. The van der Waals surface area contributed by atoms with Gasteiger partial charge in [0.05, 0.1) is 13.1 Å². The van der Waals surface area contributed by atoms with Crippen LogP contribution in [0.1, 0.15) is 79.1 Å². The van der Waals surface area contributed by atoms with Crippen molar-refractivity contribution >= 4 is 11.9 Å². The Balaban J connectivity index is 2.12. The van der Waals surface area contributed by atoms with Crippen LogP contribution in [0, 0.1) is 0 Å². The fourth-order valence-electron chi connectivity index (χ4n) is 3.44. The molecule has 1 saturated heterocycles. The lowest BCUT2D eigenvalue weighted by atomic mass is 9.93. The van der Waals surface area contributed by atoms with Crippen LogP contribution in [-0.4, -0.2) is 46.3 Å². The molecule has 1 fully saturated rings. The van der Waals surface area contributed by atoms with E-state index in [1.807, 2.05) is 0 Å². The van der Waals surface area contributed by atoms with E-state index in [4.69, 9.17) is 9.94 Å². The van der Waals surface area contributed by atoms with Crippen molar-refractivity contribution in [3.05, 3.63) is 0 Å². The predicted octanol–water partition coefficient (Wildman–Crippen LogP) is 3.11. The molecule has 24 heavy (non-hydrogen) atoms. The van der Waals surface area contributed by atoms with E-state index in [-0.39, 0.29) is 23.5 Å². The number of unbranched alkanes of at least 4 members (excludes halogenated alkanes) is 5. The monoisotopic (exact) mass is 342 g/mol. The van der Waals surface area contributed by atoms with Gasteiger partial charge in [0, 0.05) is 23.9 Å². The first kappa shape index (κ1) is 20.9. The normalized spacial score (nSPS) is 19.8. The van der Waals surface area contributed by atoms with Gasteiger partial charge in [-0.05, 0) is 40.5 Å². The van der Waals surface area contributed by atoms with Gasteiger partial charge >= 0.3 is 11.9 Å². The van der Waals surface area contributed by atoms with E-state index in [2.05, 4.69) is 33.0 Å². The second-order valence-corrected chi connectivity index (χ2v) is 8.17. The standard InChI is InChI=1S/C18H34N2O4/c1-17(2)13-20(14-18(3,4)19-17)24-16(23)12-10-8-6-5-7-9-11-15(21)22/h19H,5-14H2,1-4H3,(H,21,22). The molecule has 1 heterocycles. The molecule has 0 atom stereocenters. The average molecular weight is 342 g/mol. The quantitative estimate of drug-likeness (QED) is 0.594. The molecule has 0 amide bonds. The minimum atomic E-state index is -0.725. The molecule has 0 unspecified atom stereocenters. The summed E-state index contributed by atoms with van der Waals surface area (Å²) in [6, 6.07) is 0. The van der Waals surface area contributed by atoms with E-state index < -0.39 is 5.97 Å². The van der Waals surface area contributed by atoms with Crippen LogP contribution < -0.4 is 5.32 Å². The first-order chi connectivity index (χ1) is 11.1. The molecule has 1 rings (SSSR count). The highest BCUT2D eigenvalue weighted by atomic mass is 16.7. The number of carboxylic acids is 1. The molecule has 6 heteroatoms. The molecule has 0 aromatic heterocycles. The minimum absolute atomic E-state index is 0.0853. The van der Waals surface area contributed by atoms with E-state index in [9.17, 15) is 9.59 Å². The van der Waals surface area contributed by atoms with Crippen molar-refractivity contribution in [3.8, 4) is 0 Å². The second kappa shape index (κ2) is 9.37. The summed E-state index contributed by atoms with van der Waals surface area (Å²) in [4.78, 5) is 27.9. The molecule has 0 aromatic carbocycles. The van der Waals surface area contributed by atoms with Gasteiger partial charge in [0.2, 0.25) is 0 Å². The second-order valence-electron chi connectivity index (χ2n) is 8.17. The zero-order valence-corrected chi connectivity index (χ0v) is 15.7. The third-order valence-electron chi connectivity index (χ3n) is 4.07. The van der Waals surface area contributed by atoms with Crippen LogP contribution in [0.25, 0.3) is 0 Å². The summed E-state index contributed by atoms with van der Waals surface area (Å²) >= 11 is 0. The van der Waals surface area contributed by atoms with Gasteiger partial charge in [0.15, 0.2) is 0 Å². The number of carbonyl (C=O) groups is 2. The van der Waals surface area contributed by atoms with Crippen LogP contribution in [0.4, 0.5) is 0 Å². The summed E-state index contributed by atoms with van der Waals surface area (Å²) in [6.07, 6.45) is 6.28. The molecule has 0 saturated carbocycles. The molecular weight excluding hydrogens is 308 g/mol. The van der Waals surface area contributed by atoms with Crippen LogP contribution in [0.5, 0.6) is 0 Å². The summed E-state index contributed by atoms with van der Waals surface area (Å²) in [7, 11) is 0. The number of carbonyl (C=O) groups excluding carboxylic acids is 1. The zero-order chi connectivity index (χ0) is 18.2. The Labute approximate surface area is 145 Å². The first-order valence-electron chi connectivity index (χ1n) is 9.07. The van der Waals surface area contributed by atoms with Crippen molar-refractivity contribution in [1.82, 2.24) is 10.4 Å². The number of hydroxylamine groups is 2. The van der Waals surface area contributed by atoms with Crippen molar-refractivity contribution in [2.24, 2.45) is 0 Å². The van der Waals surface area contributed by atoms with Crippen LogP contribution >= 0.6 is 0 Å². The highest BCUT2D eigenvalue weighted by Crippen LogP contribution is 2.21. The highest BCUT2D eigenvalue weighted by Gasteiger charge is 2.38. The predicted molar refractivity (Wildman–Crippen MR) is 93.5 cm³/mol. The molecule has 0 aliphatic carbocycles. The van der Waals surface area contributed by atoms with E-state index in [0.717, 1.165) is 38.5 Å². The minimum Gasteiger partial charge on any atom is -0.481 e. The van der Waals surface area contributed by atoms with E-state index >= 15 is 0 Å². The number of aliphatic carboxylic acids is 1. The van der Waals surface area contributed by atoms with E-state index in [1.54, 1.807) is 5.06 Å². The maximum absolute atomic E-state index is 12.0. The lowest BCUT2D eigenvalue weighted by Crippen LogP contribution is -2.66. The molecule has 6 nitrogen and oxygen atoms in total. The van der Waals surface area contributed by atoms with Crippen molar-refractivity contribution < 1.29 is 19.5 Å². The largest absolute Gasteiger partial charge is 0.481 e. The van der Waals surface area contributed by atoms with Gasteiger partial charge in [0.25, 0.3) is 0 Å². The Morgan fingerprint density at radius 1 is 0.917 bits per heavy atom. The summed E-state index contributed by atoms with van der Waals surface area (Å²) in [5.41, 5.74) is -0.171. The van der Waals surface area contributed by atoms with Gasteiger partial charge in [-0.2, -0.15) is 0 Å². The molecular formula is C18H34N2O4. The van der Waals surface area contributed by atoms with Gasteiger partial charge in [-0.3, -0.25) is 9.59 Å². The zero-order valence-electron chi connectivity index (χ0n) is 15.7. The van der Waals surface area contributed by atoms with Crippen molar-refractivity contribution in [2.75, 3.05) is 13.1 Å². The lowest BCUT2D eigenvalue weighted by molar-refractivity contribution is -0.207. The summed E-state index contributed by atoms with van der Waals surface area (Å²) < 4.78 is 0. The van der Waals surface area contributed by atoms with Crippen LogP contribution in [0.2, 0.25) is 0 Å². The Kier molecular flexibility index (Phi) is 8.16. The maximum Gasteiger partial charge on any atom is 0.325 e. The summed E-state index contributed by atoms with van der Waals surface area (Å²) in [6.45, 7) is 9.81. The number of hydrogen-bond acceptors (Lipinski definition) is 5. The average Bonchev–Trinajstić information content (AvgIpc) is 2.37. The lowest BCUT2D eigenvalue weighted by Gasteiger charge is -2.46. The molecule has 0 bridgehead atoms. The third kappa shape index (κ3) is 9.23. The number of nitrogens with zero attached hydrogens (tertiary/aromatic N) is 1. The molecule has 1 aliphatic rings. The fraction of sp³-hybridized carbons (Fsp3) is 0.889. The maximum atomic E-state index is 12.0. The first-order valence-corrected chi connectivity index (χ1v) is 9.07. The third-order valence-corrected chi connectivity index (χ3v) is 4.07. The number of rotatable bonds is 10. The van der Waals surface area contributed by atoms with Gasteiger partial charge in [-0.1, -0.05) is 25.7 Å². The van der Waals surface area contributed by atoms with Gasteiger partial charge in [-0.25, -0.2) is 0 Å². The van der Waals surface area contributed by atoms with Gasteiger partial charge < -0.3 is 15.3 Å². The molecule has 2 N–H and O–H groups in total. The number of piperazine rings is 1. The summed E-state index contributed by atoms with van der Waals surface area (Å²) in [5.74, 6) is -0.883. The smallest absolute Gasteiger partial charge is 0.325 e. The van der Waals surface area contributed by atoms with Crippen molar-refractivity contribution in [1.29, 1.82) is 0 Å². The molecule has 0 radical (unpaired) electrons. The topological polar surface area (TPSA) is 78.9 Å². The van der Waals surface area contributed by atoms with Gasteiger partial charge in [0.1, 0.15) is 0 Å². The van der Waals surface area contributed by atoms with Crippen LogP contribution in [0.3, 0.4) is 0 Å². The Bertz CT molecular complexity index is 405. The molecule has 1 aliphatic heterocycles. The summed E-state index contributed by atoms with van der Waals surface area (Å²) in [5, 5.41) is 13.9. The highest BCUT2D eigenvalue weighted by molar-refractivity contribution is 5.69. The Morgan fingerprint density at radius 3 is 1.88 bits per heavy atom. The molecule has 0 spiro atoms. The molecule has 140 valence electrons. The van der Waals surface area contributed by atoms with Crippen molar-refractivity contribution in [2.45, 2.75) is 90.1 Å². The van der Waals surface area contributed by atoms with Crippen LogP contribution in [0.15, 0.2) is 0 Å². The van der Waals surface area contributed by atoms with Crippen molar-refractivity contribution in [3.63, 3.8) is 0 Å². The SMILES string of the molecule is CC1(C)CN(OC(=O)CCCCCCCCC(=O)O)CC(C)(C)N1. The van der Waals surface area contributed by atoms with Gasteiger partial charge in [-0.15, -0.1) is 5.06 Å².